The Balaban J connectivity index is 1.86. The molecule has 0 aliphatic carbocycles. The van der Waals surface area contributed by atoms with Gasteiger partial charge in [0.25, 0.3) is 0 Å². The minimum absolute atomic E-state index is 0.0366. The van der Waals surface area contributed by atoms with E-state index in [1.807, 2.05) is 13.0 Å². The zero-order chi connectivity index (χ0) is 23.2. The Hall–Kier alpha value is -3.69. The van der Waals surface area contributed by atoms with E-state index in [1.54, 1.807) is 23.6 Å². The number of hydrogen-bond acceptors (Lipinski definition) is 6. The zero-order valence-corrected chi connectivity index (χ0v) is 17.9. The molecule has 2 heterocycles. The number of halogens is 3. The number of nitrogens with two attached hydrogens (primary N) is 1. The lowest BCUT2D eigenvalue weighted by atomic mass is 10.0. The molecule has 168 valence electrons. The third-order valence-corrected chi connectivity index (χ3v) is 5.18. The van der Waals surface area contributed by atoms with Crippen molar-refractivity contribution >= 4 is 28.1 Å². The fraction of sp³-hybridized carbons (Fsp3) is 0.273. The van der Waals surface area contributed by atoms with Crippen molar-refractivity contribution in [3.63, 3.8) is 0 Å². The van der Waals surface area contributed by atoms with Gasteiger partial charge in [0.2, 0.25) is 0 Å². The normalized spacial score (nSPS) is 12.8. The highest BCUT2D eigenvalue weighted by Crippen LogP contribution is 2.37. The molecule has 1 atom stereocenters. The summed E-state index contributed by atoms with van der Waals surface area (Å²) in [4.78, 5) is 4.65. The molecule has 3 N–H and O–H groups in total. The number of fused-ring (bicyclic) bond motifs is 3. The average molecular weight is 445 g/mol. The predicted octanol–water partition coefficient (Wildman–Crippen LogP) is 4.98. The summed E-state index contributed by atoms with van der Waals surface area (Å²) in [5.41, 5.74) is 7.42. The lowest BCUT2D eigenvalue weighted by molar-refractivity contribution is -0.137. The van der Waals surface area contributed by atoms with Crippen LogP contribution >= 0.6 is 0 Å². The SMILES string of the molecule is COc1cc2c(N[C@H](C)c3cc(N)cc(C(F)(F)F)c3)nc3cc(C)nn3c2cc1OC. The Bertz CT molecular complexity index is 1320. The average Bonchev–Trinajstić information content (AvgIpc) is 3.11. The standard InChI is InChI=1S/C22H22F3N5O2/c1-11-5-20-28-21(16-9-18(31-3)19(32-4)10-17(16)30(20)29-11)27-12(2)13-6-14(22(23,24)25)8-15(26)7-13/h5-10,12H,26H2,1-4H3,(H,27,28)/t12-/m1/s1. The Kier molecular flexibility index (Phi) is 5.23. The molecule has 0 saturated heterocycles. The minimum atomic E-state index is -4.49. The Morgan fingerprint density at radius 1 is 1.03 bits per heavy atom. The number of alkyl halides is 3. The zero-order valence-electron chi connectivity index (χ0n) is 17.9. The molecule has 4 aromatic rings. The predicted molar refractivity (Wildman–Crippen MR) is 116 cm³/mol. The van der Waals surface area contributed by atoms with E-state index in [2.05, 4.69) is 15.4 Å². The van der Waals surface area contributed by atoms with Gasteiger partial charge in [0.1, 0.15) is 5.82 Å². The number of aromatic nitrogens is 3. The smallest absolute Gasteiger partial charge is 0.416 e. The molecule has 0 radical (unpaired) electrons. The van der Waals surface area contributed by atoms with E-state index in [0.717, 1.165) is 17.8 Å². The third kappa shape index (κ3) is 3.83. The Morgan fingerprint density at radius 2 is 1.72 bits per heavy atom. The van der Waals surface area contributed by atoms with E-state index in [1.165, 1.54) is 20.3 Å². The molecule has 7 nitrogen and oxygen atoms in total. The van der Waals surface area contributed by atoms with E-state index in [9.17, 15) is 13.2 Å². The van der Waals surface area contributed by atoms with Crippen molar-refractivity contribution in [2.45, 2.75) is 26.1 Å². The van der Waals surface area contributed by atoms with E-state index in [0.29, 0.717) is 39.4 Å². The molecule has 0 fully saturated rings. The third-order valence-electron chi connectivity index (χ3n) is 5.18. The van der Waals surface area contributed by atoms with Crippen LogP contribution in [0.15, 0.2) is 36.4 Å². The van der Waals surface area contributed by atoms with Crippen LogP contribution < -0.4 is 20.5 Å². The molecule has 0 unspecified atom stereocenters. The minimum Gasteiger partial charge on any atom is -0.493 e. The van der Waals surface area contributed by atoms with Crippen LogP contribution in [0.25, 0.3) is 16.6 Å². The summed E-state index contributed by atoms with van der Waals surface area (Å²) >= 11 is 0. The second-order valence-corrected chi connectivity index (χ2v) is 7.49. The molecule has 0 bridgehead atoms. The van der Waals surface area contributed by atoms with Crippen molar-refractivity contribution in [1.29, 1.82) is 0 Å². The van der Waals surface area contributed by atoms with Gasteiger partial charge >= 0.3 is 6.18 Å². The highest BCUT2D eigenvalue weighted by molar-refractivity contribution is 5.94. The van der Waals surface area contributed by atoms with Gasteiger partial charge in [-0.05, 0) is 43.7 Å². The topological polar surface area (TPSA) is 86.7 Å². The monoisotopic (exact) mass is 445 g/mol. The van der Waals surface area contributed by atoms with Crippen molar-refractivity contribution in [3.05, 3.63) is 53.2 Å². The lowest BCUT2D eigenvalue weighted by Gasteiger charge is -2.19. The van der Waals surface area contributed by atoms with Gasteiger partial charge in [-0.1, -0.05) is 0 Å². The van der Waals surface area contributed by atoms with E-state index in [-0.39, 0.29) is 5.69 Å². The van der Waals surface area contributed by atoms with Crippen LogP contribution in [-0.4, -0.2) is 28.8 Å². The summed E-state index contributed by atoms with van der Waals surface area (Å²) in [7, 11) is 3.06. The molecular formula is C22H22F3N5O2. The van der Waals surface area contributed by atoms with Crippen molar-refractivity contribution in [3.8, 4) is 11.5 Å². The van der Waals surface area contributed by atoms with Gasteiger partial charge in [-0.15, -0.1) is 0 Å². The number of rotatable bonds is 5. The molecule has 4 rings (SSSR count). The molecular weight excluding hydrogens is 423 g/mol. The summed E-state index contributed by atoms with van der Waals surface area (Å²) in [5, 5.41) is 8.39. The van der Waals surface area contributed by atoms with Crippen molar-refractivity contribution in [1.82, 2.24) is 14.6 Å². The largest absolute Gasteiger partial charge is 0.493 e. The van der Waals surface area contributed by atoms with Crippen LogP contribution in [0.2, 0.25) is 0 Å². The first-order chi connectivity index (χ1) is 15.1. The molecule has 10 heteroatoms. The molecule has 32 heavy (non-hydrogen) atoms. The molecule has 0 aliphatic heterocycles. The molecule has 0 aliphatic rings. The molecule has 2 aromatic carbocycles. The first-order valence-corrected chi connectivity index (χ1v) is 9.77. The van der Waals surface area contributed by atoms with Gasteiger partial charge in [0.15, 0.2) is 17.1 Å². The van der Waals surface area contributed by atoms with Gasteiger partial charge in [0.05, 0.1) is 37.0 Å². The first kappa shape index (κ1) is 21.5. The van der Waals surface area contributed by atoms with Gasteiger partial charge in [-0.25, -0.2) is 9.50 Å². The Labute approximate surface area is 181 Å². The van der Waals surface area contributed by atoms with Crippen LogP contribution in [0, 0.1) is 6.92 Å². The lowest BCUT2D eigenvalue weighted by Crippen LogP contribution is -2.13. The Morgan fingerprint density at radius 3 is 2.38 bits per heavy atom. The van der Waals surface area contributed by atoms with Gasteiger partial charge in [-0.3, -0.25) is 0 Å². The van der Waals surface area contributed by atoms with Crippen LogP contribution in [0.1, 0.15) is 29.8 Å². The number of benzene rings is 2. The highest BCUT2D eigenvalue weighted by Gasteiger charge is 2.31. The maximum Gasteiger partial charge on any atom is 0.416 e. The number of nitrogens with one attached hydrogen (secondary N) is 1. The van der Waals surface area contributed by atoms with Gasteiger partial charge in [-0.2, -0.15) is 18.3 Å². The van der Waals surface area contributed by atoms with Crippen LogP contribution in [0.3, 0.4) is 0 Å². The number of nitrogen functional groups attached to an aromatic ring is 1. The van der Waals surface area contributed by atoms with Crippen molar-refractivity contribution in [2.75, 3.05) is 25.3 Å². The highest BCUT2D eigenvalue weighted by atomic mass is 19.4. The number of methoxy groups -OCH3 is 2. The van der Waals surface area contributed by atoms with Crippen molar-refractivity contribution in [2.24, 2.45) is 0 Å². The van der Waals surface area contributed by atoms with Crippen LogP contribution in [-0.2, 0) is 6.18 Å². The van der Waals surface area contributed by atoms with E-state index >= 15 is 0 Å². The maximum atomic E-state index is 13.3. The quantitative estimate of drug-likeness (QED) is 0.421. The molecule has 0 amide bonds. The maximum absolute atomic E-state index is 13.3. The van der Waals surface area contributed by atoms with E-state index in [4.69, 9.17) is 15.2 Å². The number of hydrogen-bond donors (Lipinski definition) is 2. The van der Waals surface area contributed by atoms with Gasteiger partial charge < -0.3 is 20.5 Å². The number of aryl methyl sites for hydroxylation is 1. The second kappa shape index (κ2) is 7.77. The summed E-state index contributed by atoms with van der Waals surface area (Å²) in [6, 6.07) is 8.35. The summed E-state index contributed by atoms with van der Waals surface area (Å²) in [5.74, 6) is 1.48. The van der Waals surface area contributed by atoms with Crippen molar-refractivity contribution < 1.29 is 22.6 Å². The number of nitrogens with zero attached hydrogens (tertiary/aromatic N) is 3. The summed E-state index contributed by atoms with van der Waals surface area (Å²) in [6.45, 7) is 3.59. The van der Waals surface area contributed by atoms with Crippen LogP contribution in [0.4, 0.5) is 24.7 Å². The fourth-order valence-electron chi connectivity index (χ4n) is 3.64. The van der Waals surface area contributed by atoms with Gasteiger partial charge in [0, 0.05) is 23.2 Å². The fourth-order valence-corrected chi connectivity index (χ4v) is 3.64. The summed E-state index contributed by atoms with van der Waals surface area (Å²) < 4.78 is 52.3. The summed E-state index contributed by atoms with van der Waals surface area (Å²) in [6.07, 6.45) is -4.49. The second-order valence-electron chi connectivity index (χ2n) is 7.49. The molecule has 0 spiro atoms. The molecule has 0 saturated carbocycles. The van der Waals surface area contributed by atoms with E-state index < -0.39 is 17.8 Å². The molecule has 2 aromatic heterocycles. The number of ether oxygens (including phenoxy) is 2. The van der Waals surface area contributed by atoms with Crippen LogP contribution in [0.5, 0.6) is 11.5 Å². The number of anilines is 2. The first-order valence-electron chi connectivity index (χ1n) is 9.77.